The number of hydrogen-bond acceptors (Lipinski definition) is 10. The van der Waals surface area contributed by atoms with Gasteiger partial charge in [-0.25, -0.2) is 4.57 Å². The molecule has 232 valence electrons. The number of tetrazole rings is 1. The third-order valence-corrected chi connectivity index (χ3v) is 7.57. The molecule has 0 aliphatic rings. The average Bonchev–Trinajstić information content (AvgIpc) is 3.48. The normalized spacial score (nSPS) is 13.0. The molecule has 0 spiro atoms. The highest BCUT2D eigenvalue weighted by Crippen LogP contribution is 2.55. The molecule has 1 amide bonds. The van der Waals surface area contributed by atoms with Crippen molar-refractivity contribution in [1.29, 1.82) is 0 Å². The molecule has 0 saturated heterocycles. The van der Waals surface area contributed by atoms with Crippen LogP contribution in [0.1, 0.15) is 51.9 Å². The second kappa shape index (κ2) is 12.0. The van der Waals surface area contributed by atoms with Gasteiger partial charge in [0.15, 0.2) is 12.5 Å². The van der Waals surface area contributed by atoms with Crippen LogP contribution in [0.25, 0.3) is 22.6 Å². The first-order valence-corrected chi connectivity index (χ1v) is 14.9. The Hall–Kier alpha value is -3.30. The molecule has 4 aromatic rings. The van der Waals surface area contributed by atoms with E-state index in [-0.39, 0.29) is 34.0 Å². The van der Waals surface area contributed by atoms with Crippen molar-refractivity contribution in [2.24, 2.45) is 0 Å². The van der Waals surface area contributed by atoms with Crippen LogP contribution in [0.2, 0.25) is 0 Å². The van der Waals surface area contributed by atoms with Crippen molar-refractivity contribution in [1.82, 2.24) is 20.2 Å². The van der Waals surface area contributed by atoms with Gasteiger partial charge >= 0.3 is 14.2 Å². The van der Waals surface area contributed by atoms with Gasteiger partial charge in [-0.1, -0.05) is 6.07 Å². The fourth-order valence-electron chi connectivity index (χ4n) is 3.53. The third-order valence-electron chi connectivity index (χ3n) is 4.97. The van der Waals surface area contributed by atoms with E-state index in [1.807, 2.05) is 0 Å². The van der Waals surface area contributed by atoms with E-state index in [0.717, 1.165) is 10.9 Å². The van der Waals surface area contributed by atoms with Crippen LogP contribution in [0.4, 0.5) is 18.9 Å². The summed E-state index contributed by atoms with van der Waals surface area (Å²) in [6.07, 6.45) is -4.85. The molecule has 17 heteroatoms. The summed E-state index contributed by atoms with van der Waals surface area (Å²) in [4.78, 5) is 13.9. The van der Waals surface area contributed by atoms with Crippen molar-refractivity contribution >= 4 is 46.3 Å². The summed E-state index contributed by atoms with van der Waals surface area (Å²) in [7, 11) is -4.01. The Bertz CT molecular complexity index is 1660. The number of phosphoric acid groups is 1. The highest BCUT2D eigenvalue weighted by molar-refractivity contribution is 9.10. The molecular weight excluding hydrogens is 662 g/mol. The molecule has 0 radical (unpaired) electrons. The Labute approximate surface area is 252 Å². The van der Waals surface area contributed by atoms with Crippen LogP contribution in [0.5, 0.6) is 5.75 Å². The quantitative estimate of drug-likeness (QED) is 0.174. The molecule has 0 saturated carbocycles. The Morgan fingerprint density at radius 3 is 2.30 bits per heavy atom. The zero-order chi connectivity index (χ0) is 31.8. The van der Waals surface area contributed by atoms with Crippen LogP contribution in [0, 0.1) is 0 Å². The van der Waals surface area contributed by atoms with E-state index in [0.29, 0.717) is 11.0 Å². The number of aromatic nitrogens is 4. The van der Waals surface area contributed by atoms with E-state index in [9.17, 15) is 22.5 Å². The summed E-state index contributed by atoms with van der Waals surface area (Å²) < 4.78 is 77.1. The maximum atomic E-state index is 13.2. The number of fused-ring (bicyclic) bond motifs is 1. The topological polar surface area (TPSA) is 140 Å². The van der Waals surface area contributed by atoms with Gasteiger partial charge in [-0.2, -0.15) is 0 Å². The Balaban J connectivity index is 1.46. The van der Waals surface area contributed by atoms with E-state index in [2.05, 4.69) is 41.4 Å². The number of benzene rings is 2. The standard InChI is InChI=1S/C26H28BrF3N5O7P/c1-24(2,3)41-43(37,42-25(4,5)6)38-14-35-33-22(32-34-35)21-11-15-7-8-16(12-20(15)39-21)23(36)31-17-9-10-19(18(27)13-17)40-26(28,29)30/h7-13H,14H2,1-6H3,(H,31,36). The molecule has 0 aliphatic heterocycles. The predicted octanol–water partition coefficient (Wildman–Crippen LogP) is 7.71. The van der Waals surface area contributed by atoms with Crippen LogP contribution in [0.15, 0.2) is 51.4 Å². The second-order valence-electron chi connectivity index (χ2n) is 11.1. The number of hydrogen-bond donors (Lipinski definition) is 1. The minimum absolute atomic E-state index is 0.00553. The lowest BCUT2D eigenvalue weighted by molar-refractivity contribution is -0.274. The number of alkyl halides is 3. The number of halogens is 4. The number of nitrogens with zero attached hydrogens (tertiary/aromatic N) is 4. The number of phosphoric ester groups is 1. The minimum Gasteiger partial charge on any atom is -0.453 e. The number of carbonyl (C=O) groups excluding carboxylic acids is 1. The van der Waals surface area contributed by atoms with Crippen molar-refractivity contribution in [2.75, 3.05) is 5.32 Å². The monoisotopic (exact) mass is 689 g/mol. The summed E-state index contributed by atoms with van der Waals surface area (Å²) in [6.45, 7) is 9.89. The highest BCUT2D eigenvalue weighted by Gasteiger charge is 2.37. The number of ether oxygens (including phenoxy) is 1. The summed E-state index contributed by atoms with van der Waals surface area (Å²) in [5, 5.41) is 15.3. The first-order valence-electron chi connectivity index (χ1n) is 12.6. The molecule has 0 bridgehead atoms. The van der Waals surface area contributed by atoms with E-state index >= 15 is 0 Å². The Morgan fingerprint density at radius 2 is 1.70 bits per heavy atom. The van der Waals surface area contributed by atoms with Gasteiger partial charge in [0.05, 0.1) is 15.7 Å². The molecule has 0 atom stereocenters. The molecular formula is C26H28BrF3N5O7P. The van der Waals surface area contributed by atoms with E-state index < -0.39 is 37.0 Å². The fraction of sp³-hybridized carbons (Fsp3) is 0.385. The van der Waals surface area contributed by atoms with Crippen molar-refractivity contribution in [2.45, 2.75) is 65.8 Å². The molecule has 1 N–H and O–H groups in total. The number of rotatable bonds is 9. The molecule has 0 aliphatic carbocycles. The summed E-state index contributed by atoms with van der Waals surface area (Å²) >= 11 is 3.00. The smallest absolute Gasteiger partial charge is 0.453 e. The number of amides is 1. The fourth-order valence-corrected chi connectivity index (χ4v) is 5.72. The van der Waals surface area contributed by atoms with Crippen LogP contribution in [-0.2, 0) is 24.9 Å². The van der Waals surface area contributed by atoms with Crippen LogP contribution < -0.4 is 10.1 Å². The minimum atomic E-state index is -4.85. The van der Waals surface area contributed by atoms with Crippen molar-refractivity contribution < 1.29 is 45.3 Å². The van der Waals surface area contributed by atoms with Gasteiger partial charge in [-0.15, -0.1) is 28.2 Å². The lowest BCUT2D eigenvalue weighted by Gasteiger charge is -2.30. The Morgan fingerprint density at radius 1 is 1.02 bits per heavy atom. The summed E-state index contributed by atoms with van der Waals surface area (Å²) in [6, 6.07) is 9.96. The van der Waals surface area contributed by atoms with Gasteiger partial charge in [-0.3, -0.25) is 18.4 Å². The van der Waals surface area contributed by atoms with Crippen molar-refractivity contribution in [3.63, 3.8) is 0 Å². The van der Waals surface area contributed by atoms with Gasteiger partial charge < -0.3 is 14.5 Å². The third kappa shape index (κ3) is 9.34. The van der Waals surface area contributed by atoms with Crippen molar-refractivity contribution in [3.8, 4) is 17.3 Å². The van der Waals surface area contributed by atoms with Gasteiger partial charge in [0.1, 0.15) is 11.3 Å². The lowest BCUT2D eigenvalue weighted by atomic mass is 10.1. The van der Waals surface area contributed by atoms with Crippen LogP contribution in [0.3, 0.4) is 0 Å². The van der Waals surface area contributed by atoms with E-state index in [4.69, 9.17) is 18.0 Å². The molecule has 4 rings (SSSR count). The molecule has 2 aromatic carbocycles. The molecule has 0 fully saturated rings. The van der Waals surface area contributed by atoms with Crippen molar-refractivity contribution in [3.05, 3.63) is 52.5 Å². The maximum absolute atomic E-state index is 13.2. The largest absolute Gasteiger partial charge is 0.573 e. The lowest BCUT2D eigenvalue weighted by Crippen LogP contribution is -2.25. The number of furan rings is 1. The second-order valence-corrected chi connectivity index (χ2v) is 13.5. The summed E-state index contributed by atoms with van der Waals surface area (Å²) in [5.41, 5.74) is -0.844. The van der Waals surface area contributed by atoms with Crippen LogP contribution in [-0.4, -0.2) is 43.7 Å². The highest BCUT2D eigenvalue weighted by atomic mass is 79.9. The van der Waals surface area contributed by atoms with Gasteiger partial charge in [-0.05, 0) is 99.1 Å². The van der Waals surface area contributed by atoms with E-state index in [1.165, 1.54) is 18.2 Å². The van der Waals surface area contributed by atoms with Gasteiger partial charge in [0.2, 0.25) is 5.82 Å². The van der Waals surface area contributed by atoms with Crippen LogP contribution >= 0.6 is 23.8 Å². The Kier molecular flexibility index (Phi) is 9.10. The van der Waals surface area contributed by atoms with Gasteiger partial charge in [0, 0.05) is 16.6 Å². The number of nitrogens with one attached hydrogen (secondary N) is 1. The average molecular weight is 690 g/mol. The molecule has 2 heterocycles. The van der Waals surface area contributed by atoms with Gasteiger partial charge in [0.25, 0.3) is 5.91 Å². The SMILES string of the molecule is CC(C)(C)OP(=O)(OCn1nnc(-c2cc3ccc(C(=O)Nc4ccc(OC(F)(F)F)c(Br)c4)cc3o2)n1)OC(C)(C)C. The number of carbonyl (C=O) groups is 1. The molecule has 43 heavy (non-hydrogen) atoms. The molecule has 0 unspecified atom stereocenters. The molecule has 2 aromatic heterocycles. The zero-order valence-corrected chi connectivity index (χ0v) is 26.3. The predicted molar refractivity (Wildman–Crippen MR) is 152 cm³/mol. The number of anilines is 1. The first-order chi connectivity index (χ1) is 19.8. The van der Waals surface area contributed by atoms with E-state index in [1.54, 1.807) is 59.7 Å². The first kappa shape index (κ1) is 32.6. The summed E-state index contributed by atoms with van der Waals surface area (Å²) in [5.74, 6) is -0.641. The zero-order valence-electron chi connectivity index (χ0n) is 23.9. The molecule has 12 nitrogen and oxygen atoms in total. The maximum Gasteiger partial charge on any atom is 0.573 e.